The zero-order valence-electron chi connectivity index (χ0n) is 20.7. The number of nitrogens with one attached hydrogen (secondary N) is 1. The molecule has 36 heavy (non-hydrogen) atoms. The fourth-order valence-electron chi connectivity index (χ4n) is 4.93. The number of fused-ring (bicyclic) bond motifs is 1. The topological polar surface area (TPSA) is 121 Å². The van der Waals surface area contributed by atoms with E-state index >= 15 is 0 Å². The van der Waals surface area contributed by atoms with Crippen LogP contribution in [-0.4, -0.2) is 100 Å². The molecule has 2 aromatic rings. The molecule has 0 aliphatic carbocycles. The van der Waals surface area contributed by atoms with E-state index in [1.165, 1.54) is 13.2 Å². The van der Waals surface area contributed by atoms with Gasteiger partial charge in [0.05, 0.1) is 12.7 Å². The number of ether oxygens (including phenoxy) is 2. The van der Waals surface area contributed by atoms with Crippen molar-refractivity contribution in [3.63, 3.8) is 0 Å². The zero-order chi connectivity index (χ0) is 25.8. The van der Waals surface area contributed by atoms with Crippen LogP contribution in [-0.2, 0) is 19.6 Å². The first-order valence-corrected chi connectivity index (χ1v) is 13.5. The molecule has 0 saturated carbocycles. The molecule has 1 atom stereocenters. The number of pyridine rings is 1. The summed E-state index contributed by atoms with van der Waals surface area (Å²) in [7, 11) is -0.514. The van der Waals surface area contributed by atoms with Gasteiger partial charge in [0, 0.05) is 63.2 Å². The average Bonchev–Trinajstić information content (AvgIpc) is 2.87. The maximum atomic E-state index is 13.1. The first kappa shape index (κ1) is 26.5. The summed E-state index contributed by atoms with van der Waals surface area (Å²) in [5.41, 5.74) is 1.31. The minimum Gasteiger partial charge on any atom is -0.492 e. The molecular formula is C25H34N4O6S. The van der Waals surface area contributed by atoms with Gasteiger partial charge in [-0.15, -0.1) is 0 Å². The number of likely N-dealkylation sites (tertiary alicyclic amines) is 1. The van der Waals surface area contributed by atoms with Crippen molar-refractivity contribution in [2.75, 3.05) is 60.1 Å². The summed E-state index contributed by atoms with van der Waals surface area (Å²) in [4.78, 5) is 20.3. The highest BCUT2D eigenvalue weighted by molar-refractivity contribution is 7.89. The van der Waals surface area contributed by atoms with Gasteiger partial charge in [0.15, 0.2) is 0 Å². The largest absolute Gasteiger partial charge is 0.492 e. The van der Waals surface area contributed by atoms with Gasteiger partial charge in [-0.2, -0.15) is 0 Å². The van der Waals surface area contributed by atoms with Crippen LogP contribution in [0.1, 0.15) is 12.8 Å². The number of benzene rings is 1. The summed E-state index contributed by atoms with van der Waals surface area (Å²) in [5, 5.41) is 10.5. The number of piperidine rings is 1. The van der Waals surface area contributed by atoms with Crippen LogP contribution in [0.3, 0.4) is 0 Å². The lowest BCUT2D eigenvalue weighted by atomic mass is 9.78. The van der Waals surface area contributed by atoms with Crippen molar-refractivity contribution < 1.29 is 27.8 Å². The van der Waals surface area contributed by atoms with Crippen LogP contribution in [0.25, 0.3) is 11.1 Å². The van der Waals surface area contributed by atoms with E-state index in [1.54, 1.807) is 29.4 Å². The lowest BCUT2D eigenvalue weighted by Crippen LogP contribution is -2.52. The molecule has 196 valence electrons. The average molecular weight is 519 g/mol. The van der Waals surface area contributed by atoms with Crippen molar-refractivity contribution in [2.24, 2.45) is 5.41 Å². The maximum absolute atomic E-state index is 13.1. The Morgan fingerprint density at radius 2 is 2.06 bits per heavy atom. The number of hydrogen-bond acceptors (Lipinski definition) is 8. The number of methoxy groups -OCH3 is 1. The molecule has 4 rings (SSSR count). The number of hydrogen-bond donors (Lipinski definition) is 2. The van der Waals surface area contributed by atoms with E-state index in [-0.39, 0.29) is 41.7 Å². The van der Waals surface area contributed by atoms with E-state index in [4.69, 9.17) is 9.47 Å². The van der Waals surface area contributed by atoms with E-state index in [2.05, 4.69) is 9.71 Å². The molecule has 3 heterocycles. The van der Waals surface area contributed by atoms with Gasteiger partial charge in [-0.05, 0) is 43.7 Å². The van der Waals surface area contributed by atoms with Gasteiger partial charge >= 0.3 is 0 Å². The zero-order valence-corrected chi connectivity index (χ0v) is 21.5. The first-order valence-electron chi connectivity index (χ1n) is 12.0. The summed E-state index contributed by atoms with van der Waals surface area (Å²) >= 11 is 0. The molecule has 2 N–H and O–H groups in total. The van der Waals surface area contributed by atoms with E-state index in [0.29, 0.717) is 39.0 Å². The van der Waals surface area contributed by atoms with Crippen LogP contribution in [0.15, 0.2) is 47.6 Å². The second kappa shape index (κ2) is 11.2. The van der Waals surface area contributed by atoms with Gasteiger partial charge in [-0.3, -0.25) is 9.78 Å². The number of rotatable bonds is 3. The summed E-state index contributed by atoms with van der Waals surface area (Å²) in [5.74, 6) is 0.202. The van der Waals surface area contributed by atoms with Crippen molar-refractivity contribution in [1.82, 2.24) is 19.5 Å². The lowest BCUT2D eigenvalue weighted by Gasteiger charge is -2.44. The van der Waals surface area contributed by atoms with Gasteiger partial charge in [0.1, 0.15) is 17.3 Å². The van der Waals surface area contributed by atoms with Gasteiger partial charge in [-0.25, -0.2) is 13.1 Å². The minimum absolute atomic E-state index is 0.0270. The highest BCUT2D eigenvalue weighted by Crippen LogP contribution is 2.36. The van der Waals surface area contributed by atoms with Crippen LogP contribution in [0.5, 0.6) is 5.75 Å². The highest BCUT2D eigenvalue weighted by atomic mass is 32.2. The molecule has 2 aliphatic rings. The highest BCUT2D eigenvalue weighted by Gasteiger charge is 2.39. The molecule has 1 amide bonds. The number of aliphatic hydroxyl groups excluding tert-OH is 1. The van der Waals surface area contributed by atoms with Gasteiger partial charge < -0.3 is 24.4 Å². The van der Waals surface area contributed by atoms with Crippen molar-refractivity contribution in [1.29, 1.82) is 0 Å². The van der Waals surface area contributed by atoms with Crippen LogP contribution in [0.4, 0.5) is 0 Å². The van der Waals surface area contributed by atoms with Crippen molar-refractivity contribution >= 4 is 15.9 Å². The second-order valence-corrected chi connectivity index (χ2v) is 11.4. The molecule has 0 bridgehead atoms. The van der Waals surface area contributed by atoms with Crippen LogP contribution in [0, 0.1) is 5.41 Å². The Kier molecular flexibility index (Phi) is 8.26. The van der Waals surface area contributed by atoms with Crippen LogP contribution in [0.2, 0.25) is 0 Å². The summed E-state index contributed by atoms with van der Waals surface area (Å²) in [6.45, 7) is 2.28. The van der Waals surface area contributed by atoms with Gasteiger partial charge in [-0.1, -0.05) is 12.1 Å². The molecule has 1 saturated heterocycles. The smallest absolute Gasteiger partial charge is 0.248 e. The molecule has 11 heteroatoms. The number of β-amino-alcohol motifs (C(OH)–C–C–N with tert-alkyl or cyclic N) is 1. The number of amides is 1. The van der Waals surface area contributed by atoms with Gasteiger partial charge in [0.25, 0.3) is 0 Å². The lowest BCUT2D eigenvalue weighted by molar-refractivity contribution is -0.138. The van der Waals surface area contributed by atoms with Gasteiger partial charge in [0.2, 0.25) is 15.9 Å². The van der Waals surface area contributed by atoms with Crippen molar-refractivity contribution in [2.45, 2.75) is 23.8 Å². The Labute approximate surface area is 212 Å². The molecular weight excluding hydrogens is 484 g/mol. The fourth-order valence-corrected chi connectivity index (χ4v) is 6.12. The molecule has 0 radical (unpaired) electrons. The predicted molar refractivity (Wildman–Crippen MR) is 134 cm³/mol. The third kappa shape index (κ3) is 6.22. The quantitative estimate of drug-likeness (QED) is 0.617. The molecule has 1 fully saturated rings. The van der Waals surface area contributed by atoms with Crippen LogP contribution >= 0.6 is 0 Å². The number of sulfonamides is 1. The van der Waals surface area contributed by atoms with Crippen molar-refractivity contribution in [3.05, 3.63) is 42.7 Å². The first-order chi connectivity index (χ1) is 17.2. The molecule has 2 aliphatic heterocycles. The van der Waals surface area contributed by atoms with Crippen molar-refractivity contribution in [3.8, 4) is 16.9 Å². The molecule has 1 aromatic carbocycles. The number of nitrogens with zero attached hydrogens (tertiary/aromatic N) is 3. The standard InChI is InChI=1S/C25H34N4O6S/c1-28-15-21(30)14-27-36(32,33)23-6-5-19(20-4-3-9-26-13-20)12-22(23)35-18-25(17-28)7-10-29(11-8-25)24(31)16-34-2/h3-6,9,12-13,21,27,30H,7-8,10-11,14-18H2,1-2H3. The third-order valence-electron chi connectivity index (χ3n) is 6.84. The number of carbonyl (C=O) groups excluding carboxylic acids is 1. The van der Waals surface area contributed by atoms with E-state index in [1.807, 2.05) is 24.1 Å². The Hall–Kier alpha value is -2.57. The summed E-state index contributed by atoms with van der Waals surface area (Å²) < 4.78 is 40.1. The minimum atomic E-state index is -3.92. The summed E-state index contributed by atoms with van der Waals surface area (Å²) in [6, 6.07) is 8.70. The Morgan fingerprint density at radius 3 is 2.75 bits per heavy atom. The Morgan fingerprint density at radius 1 is 1.28 bits per heavy atom. The number of aromatic nitrogens is 1. The molecule has 1 spiro atoms. The third-order valence-corrected chi connectivity index (χ3v) is 8.31. The van der Waals surface area contributed by atoms with E-state index in [0.717, 1.165) is 11.1 Å². The Bertz CT molecular complexity index is 1150. The fraction of sp³-hybridized carbons (Fsp3) is 0.520. The predicted octanol–water partition coefficient (Wildman–Crippen LogP) is 0.967. The van der Waals surface area contributed by atoms with E-state index in [9.17, 15) is 18.3 Å². The van der Waals surface area contributed by atoms with E-state index < -0.39 is 16.1 Å². The number of likely N-dealkylation sites (N-methyl/N-ethyl adjacent to an activating group) is 1. The van der Waals surface area contributed by atoms with Crippen LogP contribution < -0.4 is 9.46 Å². The number of carbonyl (C=O) groups is 1. The normalized spacial score (nSPS) is 22.6. The summed E-state index contributed by atoms with van der Waals surface area (Å²) in [6.07, 6.45) is 3.89. The Balaban J connectivity index is 1.67. The second-order valence-electron chi connectivity index (χ2n) is 9.71. The molecule has 1 aromatic heterocycles. The number of aliphatic hydroxyl groups is 1. The molecule has 1 unspecified atom stereocenters. The maximum Gasteiger partial charge on any atom is 0.248 e. The molecule has 10 nitrogen and oxygen atoms in total. The monoisotopic (exact) mass is 518 g/mol. The SMILES string of the molecule is COCC(=O)N1CCC2(CC1)COc1cc(-c3cccnc3)ccc1S(=O)(=O)NCC(O)CN(C)C2.